The van der Waals surface area contributed by atoms with Gasteiger partial charge in [-0.25, -0.2) is 10.8 Å². The van der Waals surface area contributed by atoms with Crippen molar-refractivity contribution in [1.29, 1.82) is 0 Å². The highest BCUT2D eigenvalue weighted by molar-refractivity contribution is 6.07. The van der Waals surface area contributed by atoms with Gasteiger partial charge in [-0.15, -0.1) is 0 Å². The van der Waals surface area contributed by atoms with E-state index in [9.17, 15) is 18.0 Å². The Hall–Kier alpha value is -4.58. The summed E-state index contributed by atoms with van der Waals surface area (Å²) in [5.41, 5.74) is 10.7. The number of benzene rings is 1. The number of hydrogen-bond acceptors (Lipinski definition) is 6. The van der Waals surface area contributed by atoms with Crippen molar-refractivity contribution in [2.75, 3.05) is 10.3 Å². The van der Waals surface area contributed by atoms with Gasteiger partial charge in [0, 0.05) is 47.7 Å². The molecule has 0 spiro atoms. The number of alkyl halides is 3. The van der Waals surface area contributed by atoms with Crippen LogP contribution in [0.15, 0.2) is 73.5 Å². The highest BCUT2D eigenvalue weighted by Crippen LogP contribution is 2.26. The Kier molecular flexibility index (Phi) is 8.81. The van der Waals surface area contributed by atoms with E-state index in [4.69, 9.17) is 11.6 Å². The van der Waals surface area contributed by atoms with E-state index < -0.39 is 18.5 Å². The largest absolute Gasteiger partial charge is 0.397 e. The Bertz CT molecular complexity index is 1460. The van der Waals surface area contributed by atoms with Gasteiger partial charge in [0.1, 0.15) is 0 Å². The third-order valence-corrected chi connectivity index (χ3v) is 5.91. The van der Waals surface area contributed by atoms with Gasteiger partial charge in [-0.3, -0.25) is 14.5 Å². The third-order valence-electron chi connectivity index (χ3n) is 5.91. The lowest BCUT2D eigenvalue weighted by Crippen LogP contribution is -2.27. The molecule has 0 saturated carbocycles. The van der Waals surface area contributed by atoms with Gasteiger partial charge < -0.3 is 15.6 Å². The maximum absolute atomic E-state index is 13.1. The van der Waals surface area contributed by atoms with E-state index in [1.54, 1.807) is 53.8 Å². The zero-order valence-electron chi connectivity index (χ0n) is 22.1. The Morgan fingerprint density at radius 1 is 1.26 bits per heavy atom. The first-order valence-corrected chi connectivity index (χ1v) is 11.8. The predicted octanol–water partition coefficient (Wildman–Crippen LogP) is 4.72. The minimum absolute atomic E-state index is 0.198. The van der Waals surface area contributed by atoms with Crippen LogP contribution in [0.4, 0.5) is 24.5 Å². The van der Waals surface area contributed by atoms with E-state index in [-0.39, 0.29) is 5.57 Å². The van der Waals surface area contributed by atoms with Gasteiger partial charge >= 0.3 is 6.18 Å². The quantitative estimate of drug-likeness (QED) is 0.156. The molecule has 0 unspecified atom stereocenters. The number of hydrogen-bond donors (Lipinski definition) is 3. The molecule has 0 aliphatic heterocycles. The van der Waals surface area contributed by atoms with Gasteiger partial charge in [-0.05, 0) is 50.6 Å². The summed E-state index contributed by atoms with van der Waals surface area (Å²) in [6.45, 7) is 9.16. The fourth-order valence-corrected chi connectivity index (χ4v) is 3.64. The first-order chi connectivity index (χ1) is 18.3. The summed E-state index contributed by atoms with van der Waals surface area (Å²) in [5.74, 6) is 5.53. The average Bonchev–Trinajstić information content (AvgIpc) is 3.44. The molecule has 2 aromatic heterocycles. The minimum atomic E-state index is -4.49. The second-order valence-electron chi connectivity index (χ2n) is 8.89. The fourth-order valence-electron chi connectivity index (χ4n) is 3.64. The predicted molar refractivity (Wildman–Crippen MR) is 147 cm³/mol. The SMILES string of the molecule is C=C/C(=C\C(=C/CC(F)(F)F)C(=O)Nc1ccc(C)c(N(N)/C=C(\N)c2cnn(C)c2C)c1)n1cnc(C)c1. The lowest BCUT2D eigenvalue weighted by molar-refractivity contribution is -0.125. The van der Waals surface area contributed by atoms with Crippen molar-refractivity contribution < 1.29 is 18.0 Å². The minimum Gasteiger partial charge on any atom is -0.397 e. The summed E-state index contributed by atoms with van der Waals surface area (Å²) >= 11 is 0. The van der Waals surface area contributed by atoms with Crippen LogP contribution in [0.2, 0.25) is 0 Å². The molecule has 12 heteroatoms. The number of amides is 1. The molecule has 2 heterocycles. The first kappa shape index (κ1) is 29.0. The van der Waals surface area contributed by atoms with Crippen molar-refractivity contribution in [2.24, 2.45) is 18.6 Å². The molecule has 1 amide bonds. The van der Waals surface area contributed by atoms with E-state index in [2.05, 4.69) is 22.0 Å². The number of nitrogens with two attached hydrogens (primary N) is 2. The molecule has 0 fully saturated rings. The number of hydrazine groups is 1. The van der Waals surface area contributed by atoms with Crippen molar-refractivity contribution in [2.45, 2.75) is 33.4 Å². The number of halogens is 3. The molecular formula is C27H31F3N8O. The highest BCUT2D eigenvalue weighted by atomic mass is 19.4. The number of carbonyl (C=O) groups excluding carboxylic acids is 1. The van der Waals surface area contributed by atoms with Crippen molar-refractivity contribution in [3.63, 3.8) is 0 Å². The number of carbonyl (C=O) groups is 1. The number of nitrogens with zero attached hydrogens (tertiary/aromatic N) is 5. The molecular weight excluding hydrogens is 509 g/mol. The second kappa shape index (κ2) is 11.9. The van der Waals surface area contributed by atoms with Crippen LogP contribution in [-0.4, -0.2) is 31.4 Å². The van der Waals surface area contributed by atoms with E-state index in [1.807, 2.05) is 13.8 Å². The van der Waals surface area contributed by atoms with Crippen LogP contribution in [0, 0.1) is 20.8 Å². The van der Waals surface area contributed by atoms with Crippen LogP contribution >= 0.6 is 0 Å². The van der Waals surface area contributed by atoms with Gasteiger partial charge in [0.25, 0.3) is 5.91 Å². The lowest BCUT2D eigenvalue weighted by Gasteiger charge is -2.19. The van der Waals surface area contributed by atoms with Crippen LogP contribution in [0.25, 0.3) is 11.4 Å². The number of anilines is 2. The normalized spacial score (nSPS) is 13.0. The molecule has 3 aromatic rings. The van der Waals surface area contributed by atoms with Gasteiger partial charge in [0.15, 0.2) is 0 Å². The molecule has 0 radical (unpaired) electrons. The average molecular weight is 541 g/mol. The van der Waals surface area contributed by atoms with Gasteiger partial charge in [-0.1, -0.05) is 18.7 Å². The molecule has 3 rings (SSSR count). The van der Waals surface area contributed by atoms with Gasteiger partial charge in [0.2, 0.25) is 0 Å². The number of nitrogens with one attached hydrogen (secondary N) is 1. The first-order valence-electron chi connectivity index (χ1n) is 11.8. The molecule has 0 aliphatic carbocycles. The van der Waals surface area contributed by atoms with Crippen LogP contribution in [0.5, 0.6) is 0 Å². The van der Waals surface area contributed by atoms with Crippen molar-refractivity contribution in [1.82, 2.24) is 19.3 Å². The summed E-state index contributed by atoms with van der Waals surface area (Å²) in [6, 6.07) is 4.95. The molecule has 9 nitrogen and oxygen atoms in total. The maximum atomic E-state index is 13.1. The number of rotatable bonds is 9. The molecule has 1 aromatic carbocycles. The fraction of sp³-hybridized carbons (Fsp3) is 0.222. The van der Waals surface area contributed by atoms with E-state index in [0.717, 1.165) is 17.3 Å². The Morgan fingerprint density at radius 3 is 2.54 bits per heavy atom. The number of imidazole rings is 1. The lowest BCUT2D eigenvalue weighted by atomic mass is 10.1. The molecule has 0 saturated heterocycles. The van der Waals surface area contributed by atoms with Crippen molar-refractivity contribution in [3.05, 3.63) is 96.0 Å². The molecule has 0 aliphatic rings. The molecule has 0 bridgehead atoms. The Balaban J connectivity index is 1.91. The zero-order valence-corrected chi connectivity index (χ0v) is 22.1. The van der Waals surface area contributed by atoms with Gasteiger partial charge in [-0.2, -0.15) is 18.3 Å². The molecule has 5 N–H and O–H groups in total. The van der Waals surface area contributed by atoms with E-state index in [0.29, 0.717) is 34.0 Å². The summed E-state index contributed by atoms with van der Waals surface area (Å²) < 4.78 is 42.3. The second-order valence-corrected chi connectivity index (χ2v) is 8.89. The highest BCUT2D eigenvalue weighted by Gasteiger charge is 2.26. The summed E-state index contributed by atoms with van der Waals surface area (Å²) in [6.07, 6.45) is 4.10. The molecule has 206 valence electrons. The summed E-state index contributed by atoms with van der Waals surface area (Å²) in [4.78, 5) is 17.3. The molecule has 0 atom stereocenters. The van der Waals surface area contributed by atoms with Crippen LogP contribution in [-0.2, 0) is 11.8 Å². The topological polar surface area (TPSA) is 120 Å². The van der Waals surface area contributed by atoms with Crippen LogP contribution < -0.4 is 21.9 Å². The zero-order chi connectivity index (χ0) is 28.9. The summed E-state index contributed by atoms with van der Waals surface area (Å²) in [7, 11) is 1.80. The molecule has 39 heavy (non-hydrogen) atoms. The van der Waals surface area contributed by atoms with Crippen LogP contribution in [0.3, 0.4) is 0 Å². The Morgan fingerprint density at radius 2 is 1.97 bits per heavy atom. The number of allylic oxidation sites excluding steroid dienone is 3. The van der Waals surface area contributed by atoms with E-state index >= 15 is 0 Å². The number of aryl methyl sites for hydroxylation is 3. The smallest absolute Gasteiger partial charge is 0.392 e. The monoisotopic (exact) mass is 540 g/mol. The van der Waals surface area contributed by atoms with Crippen molar-refractivity contribution in [3.8, 4) is 0 Å². The third kappa shape index (κ3) is 7.48. The van der Waals surface area contributed by atoms with Crippen molar-refractivity contribution >= 4 is 28.7 Å². The summed E-state index contributed by atoms with van der Waals surface area (Å²) in [5, 5.41) is 8.14. The van der Waals surface area contributed by atoms with Gasteiger partial charge in [0.05, 0.1) is 36.0 Å². The Labute approximate surface area is 224 Å². The van der Waals surface area contributed by atoms with Crippen LogP contribution in [0.1, 0.15) is 28.9 Å². The standard InChI is InChI=1S/C27H31F3N8O/c1-6-22(37-14-18(3)33-16-37)11-20(9-10-27(28,29)30)26(39)35-21-8-7-17(2)25(12-21)38(32)15-24(31)23-13-34-36(5)19(23)4/h6-9,11-16H,1,10,31-32H2,2-5H3,(H,35,39)/b20-9+,22-11+,24-15-. The maximum Gasteiger partial charge on any atom is 0.392 e. The number of aromatic nitrogens is 4. The van der Waals surface area contributed by atoms with E-state index in [1.165, 1.54) is 29.7 Å².